The van der Waals surface area contributed by atoms with Crippen molar-refractivity contribution in [2.24, 2.45) is 0 Å². The van der Waals surface area contributed by atoms with Gasteiger partial charge in [-0.25, -0.2) is 9.37 Å². The molecule has 0 radical (unpaired) electrons. The molecule has 2 heterocycles. The molecule has 0 N–H and O–H groups in total. The number of hydrogen-bond acceptors (Lipinski definition) is 3. The van der Waals surface area contributed by atoms with Crippen molar-refractivity contribution >= 4 is 18.0 Å². The van der Waals surface area contributed by atoms with Crippen molar-refractivity contribution in [3.05, 3.63) is 47.5 Å². The maximum Gasteiger partial charge on any atom is 0.169 e. The van der Waals surface area contributed by atoms with Gasteiger partial charge in [-0.15, -0.1) is 0 Å². The predicted molar refractivity (Wildman–Crippen MR) is 83.4 cm³/mol. The lowest BCUT2D eigenvalue weighted by molar-refractivity contribution is 0.111. The molecular weight excluding hydrogens is 287 g/mol. The first-order valence-electron chi connectivity index (χ1n) is 7.00. The van der Waals surface area contributed by atoms with Gasteiger partial charge in [0, 0.05) is 4.75 Å². The van der Waals surface area contributed by atoms with Gasteiger partial charge in [-0.1, -0.05) is 37.7 Å². The number of imidazole rings is 1. The Kier molecular flexibility index (Phi) is 4.52. The molecule has 1 aromatic carbocycles. The smallest absolute Gasteiger partial charge is 0.169 e. The molecule has 5 heteroatoms. The molecule has 112 valence electrons. The average Bonchev–Trinajstić information content (AvgIpc) is 2.94. The molecule has 1 unspecified atom stereocenters. The summed E-state index contributed by atoms with van der Waals surface area (Å²) in [4.78, 5) is 15.4. The van der Waals surface area contributed by atoms with Crippen molar-refractivity contribution in [1.82, 2.24) is 9.55 Å². The highest BCUT2D eigenvalue weighted by atomic mass is 32.2. The zero-order valence-corrected chi connectivity index (χ0v) is 13.4. The Labute approximate surface area is 128 Å². The normalized spacial score (nSPS) is 18.6. The summed E-state index contributed by atoms with van der Waals surface area (Å²) in [6.07, 6.45) is 2.36. The fourth-order valence-corrected chi connectivity index (χ4v) is 3.85. The number of benzene rings is 1. The molecule has 3 rings (SSSR count). The van der Waals surface area contributed by atoms with E-state index in [1.165, 1.54) is 12.1 Å². The van der Waals surface area contributed by atoms with E-state index >= 15 is 0 Å². The van der Waals surface area contributed by atoms with Gasteiger partial charge in [-0.2, -0.15) is 0 Å². The molecule has 0 spiro atoms. The first-order valence-corrected chi connectivity index (χ1v) is 7.81. The van der Waals surface area contributed by atoms with Crippen LogP contribution in [0.4, 0.5) is 4.39 Å². The Bertz CT molecular complexity index is 651. The number of nitrogens with zero attached hydrogens (tertiary/aromatic N) is 2. The Morgan fingerprint density at radius 1 is 1.38 bits per heavy atom. The van der Waals surface area contributed by atoms with E-state index in [1.807, 2.05) is 24.5 Å². The van der Waals surface area contributed by atoms with Crippen LogP contribution in [-0.4, -0.2) is 20.6 Å². The van der Waals surface area contributed by atoms with Gasteiger partial charge in [0.25, 0.3) is 0 Å². The van der Waals surface area contributed by atoms with E-state index < -0.39 is 0 Å². The first kappa shape index (κ1) is 15.8. The highest BCUT2D eigenvalue weighted by Gasteiger charge is 2.43. The maximum atomic E-state index is 13.5. The molecule has 0 saturated carbocycles. The highest BCUT2D eigenvalue weighted by Crippen LogP contribution is 2.51. The largest absolute Gasteiger partial charge is 0.308 e. The monoisotopic (exact) mass is 306 g/mol. The van der Waals surface area contributed by atoms with Crippen molar-refractivity contribution in [1.29, 1.82) is 0 Å². The van der Waals surface area contributed by atoms with Crippen LogP contribution in [0.25, 0.3) is 0 Å². The number of rotatable bonds is 2. The number of hydrogen-bond donors (Lipinski definition) is 0. The third-order valence-electron chi connectivity index (χ3n) is 3.35. The van der Waals surface area contributed by atoms with Gasteiger partial charge in [0.2, 0.25) is 0 Å². The summed E-state index contributed by atoms with van der Waals surface area (Å²) >= 11 is 1.61. The van der Waals surface area contributed by atoms with Crippen molar-refractivity contribution < 1.29 is 9.18 Å². The molecule has 3 nitrogen and oxygen atoms in total. The third-order valence-corrected chi connectivity index (χ3v) is 4.58. The quantitative estimate of drug-likeness (QED) is 0.774. The van der Waals surface area contributed by atoms with Crippen LogP contribution in [0.15, 0.2) is 35.6 Å². The van der Waals surface area contributed by atoms with Gasteiger partial charge in [0.15, 0.2) is 11.4 Å². The molecule has 0 fully saturated rings. The number of carbonyl (C=O) groups is 1. The standard InChI is InChI=1S/C14H13FN2OS.C2H6/c1-14(2)12(9-4-3-5-10(15)6-9)17-11(8-18)7-16-13(17)19-14;1-2/h3-8,12H,1-2H3;1-2H3. The van der Waals surface area contributed by atoms with Crippen LogP contribution in [0.2, 0.25) is 0 Å². The van der Waals surface area contributed by atoms with E-state index in [0.717, 1.165) is 17.0 Å². The average molecular weight is 306 g/mol. The second-order valence-corrected chi connectivity index (χ2v) is 6.74. The summed E-state index contributed by atoms with van der Waals surface area (Å²) in [5.41, 5.74) is 1.39. The Morgan fingerprint density at radius 3 is 2.71 bits per heavy atom. The minimum atomic E-state index is -0.264. The zero-order valence-electron chi connectivity index (χ0n) is 12.6. The van der Waals surface area contributed by atoms with Crippen molar-refractivity contribution in [3.63, 3.8) is 0 Å². The minimum Gasteiger partial charge on any atom is -0.308 e. The molecule has 1 aromatic heterocycles. The lowest BCUT2D eigenvalue weighted by Crippen LogP contribution is -2.26. The van der Waals surface area contributed by atoms with E-state index in [0.29, 0.717) is 5.69 Å². The molecule has 0 aliphatic carbocycles. The summed E-state index contributed by atoms with van der Waals surface area (Å²) in [6.45, 7) is 8.16. The third kappa shape index (κ3) is 2.75. The van der Waals surface area contributed by atoms with Crippen LogP contribution in [0.1, 0.15) is 49.8 Å². The van der Waals surface area contributed by atoms with Crippen LogP contribution in [0.3, 0.4) is 0 Å². The second kappa shape index (κ2) is 6.02. The van der Waals surface area contributed by atoms with Crippen LogP contribution >= 0.6 is 11.8 Å². The topological polar surface area (TPSA) is 34.9 Å². The summed E-state index contributed by atoms with van der Waals surface area (Å²) in [5.74, 6) is -0.264. The van der Waals surface area contributed by atoms with E-state index in [1.54, 1.807) is 24.0 Å². The fraction of sp³-hybridized carbons (Fsp3) is 0.375. The van der Waals surface area contributed by atoms with Crippen molar-refractivity contribution in [3.8, 4) is 0 Å². The predicted octanol–water partition coefficient (Wildman–Crippen LogP) is 4.33. The summed E-state index contributed by atoms with van der Waals surface area (Å²) < 4.78 is 15.2. The first-order chi connectivity index (χ1) is 10.0. The van der Waals surface area contributed by atoms with E-state index in [9.17, 15) is 9.18 Å². The Balaban J connectivity index is 0.000000774. The van der Waals surface area contributed by atoms with Gasteiger partial charge < -0.3 is 4.57 Å². The number of halogens is 1. The molecule has 1 atom stereocenters. The highest BCUT2D eigenvalue weighted by molar-refractivity contribution is 8.00. The van der Waals surface area contributed by atoms with Gasteiger partial charge in [0.05, 0.1) is 12.2 Å². The molecule has 2 aromatic rings. The molecule has 21 heavy (non-hydrogen) atoms. The van der Waals surface area contributed by atoms with Gasteiger partial charge in [-0.05, 0) is 31.5 Å². The van der Waals surface area contributed by atoms with Crippen LogP contribution in [0, 0.1) is 5.82 Å². The molecular formula is C16H19FN2OS. The number of fused-ring (bicyclic) bond motifs is 1. The summed E-state index contributed by atoms with van der Waals surface area (Å²) in [5, 5.41) is 0.807. The van der Waals surface area contributed by atoms with E-state index in [2.05, 4.69) is 18.8 Å². The number of aldehydes is 1. The van der Waals surface area contributed by atoms with Crippen molar-refractivity contribution in [2.75, 3.05) is 0 Å². The fourth-order valence-electron chi connectivity index (χ4n) is 2.61. The van der Waals surface area contributed by atoms with Gasteiger partial charge >= 0.3 is 0 Å². The van der Waals surface area contributed by atoms with E-state index in [-0.39, 0.29) is 16.6 Å². The zero-order chi connectivity index (χ0) is 15.6. The summed E-state index contributed by atoms with van der Waals surface area (Å²) in [6, 6.07) is 6.44. The SMILES string of the molecule is CC.CC1(C)Sc2ncc(C=O)n2C1c1cccc(F)c1. The lowest BCUT2D eigenvalue weighted by atomic mass is 9.94. The van der Waals surface area contributed by atoms with Crippen LogP contribution in [-0.2, 0) is 0 Å². The summed E-state index contributed by atoms with van der Waals surface area (Å²) in [7, 11) is 0. The number of thioether (sulfide) groups is 1. The van der Waals surface area contributed by atoms with Crippen LogP contribution in [0.5, 0.6) is 0 Å². The molecule has 0 bridgehead atoms. The molecule has 1 aliphatic heterocycles. The van der Waals surface area contributed by atoms with Crippen molar-refractivity contribution in [2.45, 2.75) is 43.6 Å². The van der Waals surface area contributed by atoms with Crippen LogP contribution < -0.4 is 0 Å². The Morgan fingerprint density at radius 2 is 2.10 bits per heavy atom. The van der Waals surface area contributed by atoms with Gasteiger partial charge in [-0.3, -0.25) is 4.79 Å². The Hall–Kier alpha value is -1.62. The minimum absolute atomic E-state index is 0.0918. The molecule has 0 amide bonds. The molecule has 0 saturated heterocycles. The molecule has 1 aliphatic rings. The lowest BCUT2D eigenvalue weighted by Gasteiger charge is -2.27. The van der Waals surface area contributed by atoms with E-state index in [4.69, 9.17) is 0 Å². The number of aromatic nitrogens is 2. The number of carbonyl (C=O) groups excluding carboxylic acids is 1. The van der Waals surface area contributed by atoms with Gasteiger partial charge in [0.1, 0.15) is 11.5 Å². The second-order valence-electron chi connectivity index (χ2n) is 5.12. The maximum absolute atomic E-state index is 13.5.